The average Bonchev–Trinajstić information content (AvgIpc) is 2.46. The van der Waals surface area contributed by atoms with Crippen molar-refractivity contribution in [2.75, 3.05) is 6.61 Å². The predicted octanol–water partition coefficient (Wildman–Crippen LogP) is 3.31. The lowest BCUT2D eigenvalue weighted by molar-refractivity contribution is 0.0241. The monoisotopic (exact) mass is 253 g/mol. The number of benzene rings is 2. The Hall–Kier alpha value is -1.64. The number of aryl methyl sites for hydroxylation is 1. The van der Waals surface area contributed by atoms with Gasteiger partial charge in [0.05, 0.1) is 12.6 Å². The first-order chi connectivity index (χ1) is 9.25. The Morgan fingerprint density at radius 1 is 1.16 bits per heavy atom. The third kappa shape index (κ3) is 2.42. The highest BCUT2D eigenvalue weighted by molar-refractivity contribution is 5.35. The molecule has 2 aromatic carbocycles. The van der Waals surface area contributed by atoms with Gasteiger partial charge < -0.3 is 10.5 Å². The van der Waals surface area contributed by atoms with Crippen molar-refractivity contribution in [3.8, 4) is 0 Å². The Morgan fingerprint density at radius 2 is 2.00 bits per heavy atom. The second kappa shape index (κ2) is 5.16. The number of ether oxygens (including phenoxy) is 1. The molecule has 0 amide bonds. The zero-order chi connectivity index (χ0) is 13.2. The minimum atomic E-state index is -0.110. The van der Waals surface area contributed by atoms with E-state index in [9.17, 15) is 0 Å². The first-order valence-corrected chi connectivity index (χ1v) is 6.77. The van der Waals surface area contributed by atoms with Crippen LogP contribution in [0.5, 0.6) is 0 Å². The van der Waals surface area contributed by atoms with E-state index >= 15 is 0 Å². The summed E-state index contributed by atoms with van der Waals surface area (Å²) in [7, 11) is 0. The Morgan fingerprint density at radius 3 is 2.84 bits per heavy atom. The van der Waals surface area contributed by atoms with Gasteiger partial charge in [0.15, 0.2) is 0 Å². The molecule has 2 N–H and O–H groups in total. The van der Waals surface area contributed by atoms with Crippen LogP contribution in [0.3, 0.4) is 0 Å². The van der Waals surface area contributed by atoms with Gasteiger partial charge in [0.25, 0.3) is 0 Å². The standard InChI is InChI=1S/C17H19NO/c1-12-5-4-7-14(11-12)16(18)17-15-8-3-2-6-13(15)9-10-19-17/h2-8,11,16-17H,9-10,18H2,1H3. The van der Waals surface area contributed by atoms with Crippen molar-refractivity contribution in [3.63, 3.8) is 0 Å². The Kier molecular flexibility index (Phi) is 3.36. The van der Waals surface area contributed by atoms with Crippen molar-refractivity contribution in [3.05, 3.63) is 70.8 Å². The third-order valence-corrected chi connectivity index (χ3v) is 3.78. The SMILES string of the molecule is Cc1cccc(C(N)C2OCCc3ccccc32)c1. The van der Waals surface area contributed by atoms with Crippen LogP contribution in [0, 0.1) is 6.92 Å². The summed E-state index contributed by atoms with van der Waals surface area (Å²) in [5, 5.41) is 0. The number of rotatable bonds is 2. The number of hydrogen-bond donors (Lipinski definition) is 1. The summed E-state index contributed by atoms with van der Waals surface area (Å²) in [5.41, 5.74) is 11.4. The van der Waals surface area contributed by atoms with Crippen molar-refractivity contribution in [1.82, 2.24) is 0 Å². The minimum Gasteiger partial charge on any atom is -0.371 e. The van der Waals surface area contributed by atoms with Gasteiger partial charge in [0.1, 0.15) is 6.10 Å². The molecular formula is C17H19NO. The first kappa shape index (κ1) is 12.4. The second-order valence-corrected chi connectivity index (χ2v) is 5.18. The molecule has 2 atom stereocenters. The van der Waals surface area contributed by atoms with Crippen molar-refractivity contribution in [1.29, 1.82) is 0 Å². The molecule has 0 spiro atoms. The normalized spacial score (nSPS) is 19.8. The summed E-state index contributed by atoms with van der Waals surface area (Å²) in [6, 6.07) is 16.7. The third-order valence-electron chi connectivity index (χ3n) is 3.78. The van der Waals surface area contributed by atoms with E-state index in [1.54, 1.807) is 0 Å². The van der Waals surface area contributed by atoms with Crippen LogP contribution in [0.2, 0.25) is 0 Å². The zero-order valence-corrected chi connectivity index (χ0v) is 11.2. The van der Waals surface area contributed by atoms with Crippen molar-refractivity contribution in [2.45, 2.75) is 25.5 Å². The highest BCUT2D eigenvalue weighted by Crippen LogP contribution is 2.35. The Bertz CT molecular complexity index is 579. The minimum absolute atomic E-state index is 0.0354. The second-order valence-electron chi connectivity index (χ2n) is 5.18. The van der Waals surface area contributed by atoms with E-state index in [0.29, 0.717) is 0 Å². The molecule has 2 heteroatoms. The molecule has 1 aliphatic heterocycles. The van der Waals surface area contributed by atoms with Crippen molar-refractivity contribution in [2.24, 2.45) is 5.73 Å². The number of hydrogen-bond acceptors (Lipinski definition) is 2. The average molecular weight is 253 g/mol. The molecule has 0 saturated heterocycles. The van der Waals surface area contributed by atoms with Crippen LogP contribution in [0.25, 0.3) is 0 Å². The molecule has 0 radical (unpaired) electrons. The largest absolute Gasteiger partial charge is 0.371 e. The van der Waals surface area contributed by atoms with Crippen LogP contribution in [0.15, 0.2) is 48.5 Å². The van der Waals surface area contributed by atoms with Gasteiger partial charge in [-0.15, -0.1) is 0 Å². The van der Waals surface area contributed by atoms with Gasteiger partial charge in [0, 0.05) is 0 Å². The molecule has 98 valence electrons. The number of nitrogens with two attached hydrogens (primary N) is 1. The molecule has 1 heterocycles. The van der Waals surface area contributed by atoms with E-state index in [1.807, 2.05) is 0 Å². The van der Waals surface area contributed by atoms with E-state index in [1.165, 1.54) is 16.7 Å². The summed E-state index contributed by atoms with van der Waals surface area (Å²) in [5.74, 6) is 0. The predicted molar refractivity (Wildman–Crippen MR) is 76.9 cm³/mol. The summed E-state index contributed by atoms with van der Waals surface area (Å²) in [6.07, 6.45) is 0.944. The van der Waals surface area contributed by atoms with Gasteiger partial charge in [-0.1, -0.05) is 54.1 Å². The van der Waals surface area contributed by atoms with Gasteiger partial charge in [-0.25, -0.2) is 0 Å². The molecule has 19 heavy (non-hydrogen) atoms. The number of fused-ring (bicyclic) bond motifs is 1. The molecule has 0 fully saturated rings. The maximum absolute atomic E-state index is 6.43. The fourth-order valence-corrected chi connectivity index (χ4v) is 2.77. The van der Waals surface area contributed by atoms with Crippen LogP contribution >= 0.6 is 0 Å². The van der Waals surface area contributed by atoms with Crippen LogP contribution in [0.4, 0.5) is 0 Å². The van der Waals surface area contributed by atoms with Crippen molar-refractivity contribution >= 4 is 0 Å². The topological polar surface area (TPSA) is 35.2 Å². The lowest BCUT2D eigenvalue weighted by Gasteiger charge is -2.30. The zero-order valence-electron chi connectivity index (χ0n) is 11.2. The lowest BCUT2D eigenvalue weighted by Crippen LogP contribution is -2.27. The van der Waals surface area contributed by atoms with Crippen LogP contribution in [-0.4, -0.2) is 6.61 Å². The fraction of sp³-hybridized carbons (Fsp3) is 0.294. The van der Waals surface area contributed by atoms with Crippen LogP contribution < -0.4 is 5.73 Å². The molecular weight excluding hydrogens is 234 g/mol. The van der Waals surface area contributed by atoms with E-state index in [0.717, 1.165) is 18.6 Å². The van der Waals surface area contributed by atoms with Gasteiger partial charge in [0.2, 0.25) is 0 Å². The smallest absolute Gasteiger partial charge is 0.102 e. The van der Waals surface area contributed by atoms with Crippen molar-refractivity contribution < 1.29 is 4.74 Å². The first-order valence-electron chi connectivity index (χ1n) is 6.77. The van der Waals surface area contributed by atoms with Crippen LogP contribution in [0.1, 0.15) is 34.4 Å². The molecule has 3 rings (SSSR count). The molecule has 0 aliphatic carbocycles. The van der Waals surface area contributed by atoms with E-state index < -0.39 is 0 Å². The van der Waals surface area contributed by atoms with Gasteiger partial charge >= 0.3 is 0 Å². The Labute approximate surface area is 114 Å². The van der Waals surface area contributed by atoms with E-state index in [2.05, 4.69) is 55.5 Å². The summed E-state index contributed by atoms with van der Waals surface area (Å²) in [6.45, 7) is 2.84. The quantitative estimate of drug-likeness (QED) is 0.891. The van der Waals surface area contributed by atoms with Gasteiger partial charge in [-0.3, -0.25) is 0 Å². The van der Waals surface area contributed by atoms with Gasteiger partial charge in [-0.2, -0.15) is 0 Å². The molecule has 0 aromatic heterocycles. The molecule has 0 bridgehead atoms. The molecule has 2 nitrogen and oxygen atoms in total. The summed E-state index contributed by atoms with van der Waals surface area (Å²) >= 11 is 0. The molecule has 2 aromatic rings. The molecule has 2 unspecified atom stereocenters. The Balaban J connectivity index is 1.95. The maximum Gasteiger partial charge on any atom is 0.102 e. The summed E-state index contributed by atoms with van der Waals surface area (Å²) < 4.78 is 5.94. The lowest BCUT2D eigenvalue weighted by atomic mass is 9.90. The highest BCUT2D eigenvalue weighted by atomic mass is 16.5. The fourth-order valence-electron chi connectivity index (χ4n) is 2.77. The van der Waals surface area contributed by atoms with Crippen LogP contribution in [-0.2, 0) is 11.2 Å². The summed E-state index contributed by atoms with van der Waals surface area (Å²) in [4.78, 5) is 0. The van der Waals surface area contributed by atoms with E-state index in [4.69, 9.17) is 10.5 Å². The van der Waals surface area contributed by atoms with E-state index in [-0.39, 0.29) is 12.1 Å². The molecule has 0 saturated carbocycles. The highest BCUT2D eigenvalue weighted by Gasteiger charge is 2.27. The maximum atomic E-state index is 6.43. The van der Waals surface area contributed by atoms with Gasteiger partial charge in [-0.05, 0) is 30.0 Å². The molecule has 1 aliphatic rings.